The van der Waals surface area contributed by atoms with Crippen molar-refractivity contribution in [2.45, 2.75) is 0 Å². The number of hydrogen-bond donors (Lipinski definition) is 0. The molecule has 0 aliphatic rings. The van der Waals surface area contributed by atoms with Crippen LogP contribution in [0.3, 0.4) is 0 Å². The van der Waals surface area contributed by atoms with Crippen molar-refractivity contribution in [2.75, 3.05) is 0 Å². The van der Waals surface area contributed by atoms with Gasteiger partial charge in [0.1, 0.15) is 0 Å². The third-order valence-electron chi connectivity index (χ3n) is 6.89. The van der Waals surface area contributed by atoms with Crippen LogP contribution in [0.1, 0.15) is 0 Å². The molecule has 0 amide bonds. The van der Waals surface area contributed by atoms with Gasteiger partial charge in [-0.2, -0.15) is 0 Å². The van der Waals surface area contributed by atoms with E-state index in [0.717, 1.165) is 8.95 Å². The van der Waals surface area contributed by atoms with E-state index in [0.29, 0.717) is 0 Å². The second kappa shape index (κ2) is 9.23. The van der Waals surface area contributed by atoms with Crippen molar-refractivity contribution in [1.29, 1.82) is 0 Å². The summed E-state index contributed by atoms with van der Waals surface area (Å²) >= 11 is 8.08. The summed E-state index contributed by atoms with van der Waals surface area (Å²) in [5, 5.41) is 10.4. The summed E-state index contributed by atoms with van der Waals surface area (Å²) in [6.07, 6.45) is 0. The molecule has 6 aromatic carbocycles. The Morgan fingerprint density at radius 1 is 0.371 bits per heavy atom. The van der Waals surface area contributed by atoms with Crippen LogP contribution in [0.4, 0.5) is 0 Å². The van der Waals surface area contributed by atoms with E-state index in [1.54, 1.807) is 0 Å². The fraction of sp³-hybridized carbons (Fsp3) is 0. The molecule has 0 bridgehead atoms. The predicted octanol–water partition coefficient (Wildman–Crippen LogP) is 6.90. The highest BCUT2D eigenvalue weighted by atomic mass is 79.9. The van der Waals surface area contributed by atoms with E-state index < -0.39 is 8.07 Å². The Kier molecular flexibility index (Phi) is 5.93. The van der Waals surface area contributed by atoms with E-state index >= 15 is 0 Å². The van der Waals surface area contributed by atoms with Crippen LogP contribution in [0.2, 0.25) is 0 Å². The lowest BCUT2D eigenvalue weighted by molar-refractivity contribution is 1.66. The Balaban J connectivity index is 1.82. The Morgan fingerprint density at radius 3 is 1.06 bits per heavy atom. The highest BCUT2D eigenvalue weighted by Gasteiger charge is 2.44. The third-order valence-corrected chi connectivity index (χ3v) is 13.8. The van der Waals surface area contributed by atoms with Gasteiger partial charge in [0.2, 0.25) is 0 Å². The van der Waals surface area contributed by atoms with Crippen molar-refractivity contribution in [2.24, 2.45) is 0 Å². The first-order valence-electron chi connectivity index (χ1n) is 11.7. The van der Waals surface area contributed by atoms with Crippen LogP contribution in [-0.2, 0) is 0 Å². The summed E-state index contributed by atoms with van der Waals surface area (Å²) in [4.78, 5) is 0. The van der Waals surface area contributed by atoms with Crippen molar-refractivity contribution in [3.05, 3.63) is 142 Å². The molecule has 3 heteroatoms. The molecule has 0 nitrogen and oxygen atoms in total. The van der Waals surface area contributed by atoms with E-state index in [1.165, 1.54) is 42.3 Å². The summed E-state index contributed by atoms with van der Waals surface area (Å²) in [5.41, 5.74) is 0. The van der Waals surface area contributed by atoms with Crippen LogP contribution < -0.4 is 20.7 Å². The number of fused-ring (bicyclic) bond motifs is 2. The highest BCUT2D eigenvalue weighted by molar-refractivity contribution is 9.11. The van der Waals surface area contributed by atoms with Crippen LogP contribution in [0.25, 0.3) is 21.5 Å². The van der Waals surface area contributed by atoms with Gasteiger partial charge in [0.25, 0.3) is 0 Å². The highest BCUT2D eigenvalue weighted by Crippen LogP contribution is 2.26. The van der Waals surface area contributed by atoms with Gasteiger partial charge in [0.05, 0.1) is 0 Å². The maximum Gasteiger partial charge on any atom is 0.181 e. The second-order valence-electron chi connectivity index (χ2n) is 8.84. The molecule has 0 saturated carbocycles. The smallest absolute Gasteiger partial charge is 0.0623 e. The lowest BCUT2D eigenvalue weighted by Crippen LogP contribution is -2.75. The average molecular weight is 594 g/mol. The predicted molar refractivity (Wildman–Crippen MR) is 160 cm³/mol. The molecule has 0 radical (unpaired) electrons. The molecule has 168 valence electrons. The number of halogens is 2. The van der Waals surface area contributed by atoms with E-state index in [-0.39, 0.29) is 0 Å². The van der Waals surface area contributed by atoms with Crippen molar-refractivity contribution in [1.82, 2.24) is 0 Å². The fourth-order valence-electron chi connectivity index (χ4n) is 5.31. The van der Waals surface area contributed by atoms with Gasteiger partial charge >= 0.3 is 0 Å². The molecule has 0 heterocycles. The Bertz CT molecular complexity index is 1530. The maximum atomic E-state index is 4.04. The van der Waals surface area contributed by atoms with Crippen LogP contribution >= 0.6 is 31.9 Å². The van der Waals surface area contributed by atoms with Crippen molar-refractivity contribution in [3.8, 4) is 0 Å². The van der Waals surface area contributed by atoms with Crippen molar-refractivity contribution in [3.63, 3.8) is 0 Å². The average Bonchev–Trinajstić information content (AvgIpc) is 2.91. The van der Waals surface area contributed by atoms with Crippen LogP contribution in [-0.4, -0.2) is 8.07 Å². The lowest BCUT2D eigenvalue weighted by Gasteiger charge is -2.36. The molecular weight excluding hydrogens is 572 g/mol. The van der Waals surface area contributed by atoms with E-state index in [4.69, 9.17) is 0 Å². The van der Waals surface area contributed by atoms with E-state index in [9.17, 15) is 0 Å². The molecule has 0 atom stereocenters. The zero-order chi connectivity index (χ0) is 23.8. The Labute approximate surface area is 223 Å². The minimum absolute atomic E-state index is 1.15. The van der Waals surface area contributed by atoms with Gasteiger partial charge in [-0.3, -0.25) is 0 Å². The number of benzene rings is 6. The summed E-state index contributed by atoms with van der Waals surface area (Å²) in [5.74, 6) is 0. The Morgan fingerprint density at radius 2 is 0.686 bits per heavy atom. The first-order valence-corrected chi connectivity index (χ1v) is 15.2. The molecule has 0 spiro atoms. The van der Waals surface area contributed by atoms with Crippen molar-refractivity contribution < 1.29 is 0 Å². The molecular formula is C32H22Br2Si. The van der Waals surface area contributed by atoms with Gasteiger partial charge < -0.3 is 0 Å². The van der Waals surface area contributed by atoms with E-state index in [1.807, 2.05) is 0 Å². The fourth-order valence-corrected chi connectivity index (χ4v) is 12.7. The normalized spacial score (nSPS) is 11.7. The SMILES string of the molecule is Brc1cc2ccccc2cc1[Si](c1ccccc1)(c1ccccc1)c1cc2ccccc2cc1Br. The molecule has 6 rings (SSSR count). The van der Waals surface area contributed by atoms with Gasteiger partial charge in [0.15, 0.2) is 8.07 Å². The third kappa shape index (κ3) is 3.79. The standard InChI is InChI=1S/C32H22Br2Si/c33-29-19-23-11-7-9-13-25(23)21-31(29)35(27-15-3-1-4-16-27,28-17-5-2-6-18-28)32-22-26-14-10-8-12-24(26)20-30(32)34/h1-22H. The molecule has 0 aliphatic carbocycles. The second-order valence-corrected chi connectivity index (χ2v) is 14.3. The maximum absolute atomic E-state index is 4.04. The van der Waals surface area contributed by atoms with Gasteiger partial charge in [-0.1, -0.05) is 153 Å². The first kappa shape index (κ1) is 22.5. The van der Waals surface area contributed by atoms with Crippen LogP contribution in [0, 0.1) is 0 Å². The monoisotopic (exact) mass is 592 g/mol. The molecule has 0 aliphatic heterocycles. The molecule has 0 fully saturated rings. The minimum atomic E-state index is -2.72. The molecule has 35 heavy (non-hydrogen) atoms. The quantitative estimate of drug-likeness (QED) is 0.154. The number of hydrogen-bond acceptors (Lipinski definition) is 0. The molecule has 0 N–H and O–H groups in total. The summed E-state index contributed by atoms with van der Waals surface area (Å²) < 4.78 is 2.30. The first-order chi connectivity index (χ1) is 17.2. The molecule has 0 aromatic heterocycles. The van der Waals surface area contributed by atoms with Gasteiger partial charge in [-0.15, -0.1) is 0 Å². The summed E-state index contributed by atoms with van der Waals surface area (Å²) in [6, 6.07) is 48.8. The Hall–Kier alpha value is -2.98. The van der Waals surface area contributed by atoms with E-state index in [2.05, 4.69) is 165 Å². The zero-order valence-corrected chi connectivity index (χ0v) is 23.1. The molecule has 0 unspecified atom stereocenters. The summed E-state index contributed by atoms with van der Waals surface area (Å²) in [6.45, 7) is 0. The van der Waals surface area contributed by atoms with Gasteiger partial charge in [0, 0.05) is 8.95 Å². The summed E-state index contributed by atoms with van der Waals surface area (Å²) in [7, 11) is -2.72. The van der Waals surface area contributed by atoms with Crippen LogP contribution in [0.15, 0.2) is 142 Å². The topological polar surface area (TPSA) is 0 Å². The molecule has 0 saturated heterocycles. The largest absolute Gasteiger partial charge is 0.181 e. The lowest BCUT2D eigenvalue weighted by atomic mass is 10.1. The zero-order valence-electron chi connectivity index (χ0n) is 19.0. The van der Waals surface area contributed by atoms with Gasteiger partial charge in [-0.25, -0.2) is 0 Å². The minimum Gasteiger partial charge on any atom is -0.0623 e. The van der Waals surface area contributed by atoms with Crippen LogP contribution in [0.5, 0.6) is 0 Å². The van der Waals surface area contributed by atoms with Gasteiger partial charge in [-0.05, 0) is 54.4 Å². The number of rotatable bonds is 4. The van der Waals surface area contributed by atoms with Crippen molar-refractivity contribution >= 4 is 82.2 Å². The molecule has 6 aromatic rings.